The molecule has 1 aromatic carbocycles. The normalized spacial score (nSPS) is 19.1. The van der Waals surface area contributed by atoms with E-state index in [9.17, 15) is 15.0 Å². The maximum absolute atomic E-state index is 11.4. The number of hydrogen-bond acceptors (Lipinski definition) is 4. The molecule has 110 valence electrons. The molecule has 0 radical (unpaired) electrons. The molecule has 20 heavy (non-hydrogen) atoms. The van der Waals surface area contributed by atoms with E-state index in [4.69, 9.17) is 17.3 Å². The van der Waals surface area contributed by atoms with Gasteiger partial charge in [-0.25, -0.2) is 4.79 Å². The van der Waals surface area contributed by atoms with Gasteiger partial charge in [0.05, 0.1) is 16.3 Å². The van der Waals surface area contributed by atoms with E-state index < -0.39 is 5.97 Å². The predicted octanol–water partition coefficient (Wildman–Crippen LogP) is 2.36. The van der Waals surface area contributed by atoms with Crippen molar-refractivity contribution in [3.63, 3.8) is 0 Å². The minimum Gasteiger partial charge on any atom is -0.478 e. The minimum absolute atomic E-state index is 0.0795. The SMILES string of the molecule is Nc1cc(Cl)c(N2CCCCC2CCO)c(C(=O)O)c1. The number of aromatic carboxylic acids is 1. The molecule has 1 aliphatic heterocycles. The molecule has 0 saturated carbocycles. The number of halogens is 1. The van der Waals surface area contributed by atoms with Crippen LogP contribution < -0.4 is 10.6 Å². The van der Waals surface area contributed by atoms with Crippen molar-refractivity contribution in [2.75, 3.05) is 23.8 Å². The van der Waals surface area contributed by atoms with Crippen LogP contribution in [0.5, 0.6) is 0 Å². The summed E-state index contributed by atoms with van der Waals surface area (Å²) in [5.41, 5.74) is 6.67. The number of carboxylic acids is 1. The lowest BCUT2D eigenvalue weighted by atomic mass is 9.97. The Labute approximate surface area is 122 Å². The second-order valence-electron chi connectivity index (χ2n) is 5.06. The highest BCUT2D eigenvalue weighted by molar-refractivity contribution is 6.34. The van der Waals surface area contributed by atoms with Crippen LogP contribution >= 0.6 is 11.6 Å². The lowest BCUT2D eigenvalue weighted by Gasteiger charge is -2.38. The third-order valence-electron chi connectivity index (χ3n) is 3.69. The van der Waals surface area contributed by atoms with Crippen molar-refractivity contribution < 1.29 is 15.0 Å². The van der Waals surface area contributed by atoms with Gasteiger partial charge in [0.1, 0.15) is 0 Å². The van der Waals surface area contributed by atoms with Gasteiger partial charge in [0.2, 0.25) is 0 Å². The number of piperidine rings is 1. The summed E-state index contributed by atoms with van der Waals surface area (Å²) < 4.78 is 0. The molecule has 5 nitrogen and oxygen atoms in total. The monoisotopic (exact) mass is 298 g/mol. The number of aliphatic hydroxyl groups is 1. The average molecular weight is 299 g/mol. The molecule has 0 aromatic heterocycles. The quantitative estimate of drug-likeness (QED) is 0.743. The molecule has 2 rings (SSSR count). The van der Waals surface area contributed by atoms with Gasteiger partial charge in [0.15, 0.2) is 0 Å². The Balaban J connectivity index is 2.46. The second-order valence-corrected chi connectivity index (χ2v) is 5.47. The van der Waals surface area contributed by atoms with Crippen LogP contribution in [-0.4, -0.2) is 35.4 Å². The topological polar surface area (TPSA) is 86.8 Å². The van der Waals surface area contributed by atoms with Crippen LogP contribution in [0.4, 0.5) is 11.4 Å². The molecular weight excluding hydrogens is 280 g/mol. The Morgan fingerprint density at radius 2 is 2.20 bits per heavy atom. The highest BCUT2D eigenvalue weighted by Gasteiger charge is 2.28. The maximum Gasteiger partial charge on any atom is 0.337 e. The standard InChI is InChI=1S/C14H19ClN2O3/c15-12-8-9(16)7-11(14(19)20)13(12)17-5-2-1-3-10(17)4-6-18/h7-8,10,18H,1-6,16H2,(H,19,20). The van der Waals surface area contributed by atoms with Crippen molar-refractivity contribution in [2.45, 2.75) is 31.7 Å². The number of nitrogen functional groups attached to an aromatic ring is 1. The lowest BCUT2D eigenvalue weighted by Crippen LogP contribution is -2.41. The van der Waals surface area contributed by atoms with Crippen LogP contribution in [0, 0.1) is 0 Å². The first-order valence-electron chi connectivity index (χ1n) is 6.74. The highest BCUT2D eigenvalue weighted by Crippen LogP contribution is 2.37. The number of carbonyl (C=O) groups is 1. The summed E-state index contributed by atoms with van der Waals surface area (Å²) in [7, 11) is 0. The first-order chi connectivity index (χ1) is 9.54. The molecule has 6 heteroatoms. The first kappa shape index (κ1) is 14.9. The number of anilines is 2. The fraction of sp³-hybridized carbons (Fsp3) is 0.500. The van der Waals surface area contributed by atoms with E-state index in [2.05, 4.69) is 0 Å². The molecule has 1 atom stereocenters. The van der Waals surface area contributed by atoms with Crippen molar-refractivity contribution in [3.8, 4) is 0 Å². The Hall–Kier alpha value is -1.46. The van der Waals surface area contributed by atoms with Gasteiger partial charge in [-0.1, -0.05) is 11.6 Å². The third-order valence-corrected chi connectivity index (χ3v) is 3.98. The van der Waals surface area contributed by atoms with Gasteiger partial charge in [0, 0.05) is 24.9 Å². The smallest absolute Gasteiger partial charge is 0.337 e. The number of rotatable bonds is 4. The van der Waals surface area contributed by atoms with Gasteiger partial charge in [-0.3, -0.25) is 0 Å². The lowest BCUT2D eigenvalue weighted by molar-refractivity contribution is 0.0697. The molecule has 0 spiro atoms. The van der Waals surface area contributed by atoms with E-state index in [-0.39, 0.29) is 18.2 Å². The first-order valence-corrected chi connectivity index (χ1v) is 7.12. The zero-order chi connectivity index (χ0) is 14.7. The summed E-state index contributed by atoms with van der Waals surface area (Å²) >= 11 is 6.23. The Morgan fingerprint density at radius 3 is 2.85 bits per heavy atom. The van der Waals surface area contributed by atoms with Gasteiger partial charge < -0.3 is 20.8 Å². The van der Waals surface area contributed by atoms with Crippen LogP contribution in [0.25, 0.3) is 0 Å². The largest absolute Gasteiger partial charge is 0.478 e. The van der Waals surface area contributed by atoms with Crippen LogP contribution in [0.1, 0.15) is 36.0 Å². The van der Waals surface area contributed by atoms with Crippen LogP contribution in [0.3, 0.4) is 0 Å². The zero-order valence-electron chi connectivity index (χ0n) is 11.2. The molecule has 4 N–H and O–H groups in total. The number of nitrogens with zero attached hydrogens (tertiary/aromatic N) is 1. The van der Waals surface area contributed by atoms with Crippen molar-refractivity contribution in [2.24, 2.45) is 0 Å². The van der Waals surface area contributed by atoms with E-state index in [1.165, 1.54) is 6.07 Å². The van der Waals surface area contributed by atoms with Crippen LogP contribution in [0.2, 0.25) is 5.02 Å². The maximum atomic E-state index is 11.4. The summed E-state index contributed by atoms with van der Waals surface area (Å²) in [6.45, 7) is 0.824. The van der Waals surface area contributed by atoms with Crippen molar-refractivity contribution in [3.05, 3.63) is 22.7 Å². The van der Waals surface area contributed by atoms with Crippen molar-refractivity contribution in [1.82, 2.24) is 0 Å². The molecule has 1 fully saturated rings. The van der Waals surface area contributed by atoms with E-state index in [0.29, 0.717) is 22.8 Å². The van der Waals surface area contributed by atoms with E-state index >= 15 is 0 Å². The highest BCUT2D eigenvalue weighted by atomic mass is 35.5. The van der Waals surface area contributed by atoms with Gasteiger partial charge in [-0.05, 0) is 37.8 Å². The summed E-state index contributed by atoms with van der Waals surface area (Å²) in [4.78, 5) is 13.4. The van der Waals surface area contributed by atoms with E-state index in [1.54, 1.807) is 6.07 Å². The summed E-state index contributed by atoms with van der Waals surface area (Å²) in [6, 6.07) is 3.13. The molecule has 1 unspecified atom stereocenters. The Kier molecular flexibility index (Phi) is 4.73. The minimum atomic E-state index is -1.04. The van der Waals surface area contributed by atoms with Gasteiger partial charge in [-0.15, -0.1) is 0 Å². The second kappa shape index (κ2) is 6.33. The van der Waals surface area contributed by atoms with Gasteiger partial charge in [0.25, 0.3) is 0 Å². The summed E-state index contributed by atoms with van der Waals surface area (Å²) in [5, 5.41) is 18.9. The van der Waals surface area contributed by atoms with Gasteiger partial charge in [-0.2, -0.15) is 0 Å². The molecule has 1 heterocycles. The molecule has 1 saturated heterocycles. The number of nitrogens with two attached hydrogens (primary N) is 1. The van der Waals surface area contributed by atoms with Crippen LogP contribution in [-0.2, 0) is 0 Å². The zero-order valence-corrected chi connectivity index (χ0v) is 11.9. The Bertz CT molecular complexity index is 505. The molecule has 1 aromatic rings. The van der Waals surface area contributed by atoms with Crippen molar-refractivity contribution in [1.29, 1.82) is 0 Å². The third kappa shape index (κ3) is 2.99. The molecule has 1 aliphatic rings. The molecule has 0 amide bonds. The molecule has 0 bridgehead atoms. The average Bonchev–Trinajstić information content (AvgIpc) is 2.39. The number of aliphatic hydroxyl groups excluding tert-OH is 1. The molecular formula is C14H19ClN2O3. The number of hydrogen-bond donors (Lipinski definition) is 3. The fourth-order valence-electron chi connectivity index (χ4n) is 2.82. The molecule has 0 aliphatic carbocycles. The summed E-state index contributed by atoms with van der Waals surface area (Å²) in [6.07, 6.45) is 3.61. The van der Waals surface area contributed by atoms with Crippen molar-refractivity contribution >= 4 is 28.9 Å². The summed E-state index contributed by atoms with van der Waals surface area (Å²) in [5.74, 6) is -1.04. The predicted molar refractivity (Wildman–Crippen MR) is 79.5 cm³/mol. The van der Waals surface area contributed by atoms with Crippen LogP contribution in [0.15, 0.2) is 12.1 Å². The fourth-order valence-corrected chi connectivity index (χ4v) is 3.16. The number of carboxylic acid groups (broad SMARTS) is 1. The number of benzene rings is 1. The van der Waals surface area contributed by atoms with Gasteiger partial charge >= 0.3 is 5.97 Å². The van der Waals surface area contributed by atoms with E-state index in [0.717, 1.165) is 25.8 Å². The van der Waals surface area contributed by atoms with E-state index in [1.807, 2.05) is 4.90 Å². The Morgan fingerprint density at radius 1 is 1.45 bits per heavy atom.